The predicted octanol–water partition coefficient (Wildman–Crippen LogP) is 2.29. The molecule has 1 aliphatic carbocycles. The van der Waals surface area contributed by atoms with Gasteiger partial charge >= 0.3 is 6.03 Å². The molecular weight excluding hydrogens is 372 g/mol. The lowest BCUT2D eigenvalue weighted by atomic mass is 10.1. The van der Waals surface area contributed by atoms with E-state index in [-0.39, 0.29) is 25.1 Å². The molecule has 0 aromatic carbocycles. The van der Waals surface area contributed by atoms with E-state index in [0.717, 1.165) is 29.0 Å². The van der Waals surface area contributed by atoms with Gasteiger partial charge in [0.05, 0.1) is 11.4 Å². The number of carbonyl (C=O) groups excluding carboxylic acids is 2. The number of urea groups is 1. The molecule has 3 aromatic heterocycles. The predicted molar refractivity (Wildman–Crippen MR) is 104 cm³/mol. The summed E-state index contributed by atoms with van der Waals surface area (Å²) >= 11 is 0. The first-order valence-corrected chi connectivity index (χ1v) is 9.50. The van der Waals surface area contributed by atoms with Crippen molar-refractivity contribution in [2.45, 2.75) is 32.3 Å². The molecule has 2 fully saturated rings. The Bertz CT molecular complexity index is 1140. The highest BCUT2D eigenvalue weighted by atomic mass is 16.5. The summed E-state index contributed by atoms with van der Waals surface area (Å²) in [6.07, 6.45) is 7.67. The second kappa shape index (κ2) is 6.54. The first-order valence-electron chi connectivity index (χ1n) is 9.50. The number of aryl methyl sites for hydroxylation is 1. The van der Waals surface area contributed by atoms with Crippen molar-refractivity contribution in [3.8, 4) is 5.88 Å². The van der Waals surface area contributed by atoms with E-state index < -0.39 is 0 Å². The highest BCUT2D eigenvalue weighted by molar-refractivity contribution is 6.13. The van der Waals surface area contributed by atoms with Crippen LogP contribution in [0.4, 0.5) is 10.5 Å². The van der Waals surface area contributed by atoms with Crippen molar-refractivity contribution in [1.29, 1.82) is 0 Å². The number of anilines is 1. The molecule has 0 atom stereocenters. The number of hydrogen-bond donors (Lipinski definition) is 0. The van der Waals surface area contributed by atoms with Crippen LogP contribution in [-0.2, 0) is 11.4 Å². The molecule has 1 aliphatic heterocycles. The van der Waals surface area contributed by atoms with E-state index in [1.54, 1.807) is 6.07 Å². The Morgan fingerprint density at radius 2 is 2.00 bits per heavy atom. The van der Waals surface area contributed by atoms with Gasteiger partial charge in [0.2, 0.25) is 11.8 Å². The van der Waals surface area contributed by atoms with Crippen molar-refractivity contribution in [2.24, 2.45) is 0 Å². The molecule has 0 bridgehead atoms. The maximum Gasteiger partial charge on any atom is 0.331 e. The summed E-state index contributed by atoms with van der Waals surface area (Å²) in [6, 6.07) is 3.42. The molecule has 3 aromatic rings. The number of ether oxygens (including phenoxy) is 1. The molecule has 3 amide bonds. The number of amides is 3. The molecule has 0 spiro atoms. The Morgan fingerprint density at radius 1 is 1.17 bits per heavy atom. The summed E-state index contributed by atoms with van der Waals surface area (Å²) in [5.41, 5.74) is 3.97. The van der Waals surface area contributed by atoms with Crippen molar-refractivity contribution in [2.75, 3.05) is 18.5 Å². The van der Waals surface area contributed by atoms with Crippen LogP contribution in [0.3, 0.4) is 0 Å². The van der Waals surface area contributed by atoms with Crippen LogP contribution >= 0.6 is 0 Å². The number of nitrogens with zero attached hydrogens (tertiary/aromatic N) is 6. The van der Waals surface area contributed by atoms with E-state index in [1.807, 2.05) is 29.8 Å². The van der Waals surface area contributed by atoms with Crippen LogP contribution in [0.5, 0.6) is 5.88 Å². The second-order valence-electron chi connectivity index (χ2n) is 7.50. The first-order chi connectivity index (χ1) is 14.0. The number of carbonyl (C=O) groups is 2. The number of fused-ring (bicyclic) bond motifs is 1. The fourth-order valence-electron chi connectivity index (χ4n) is 3.50. The van der Waals surface area contributed by atoms with Crippen LogP contribution in [0, 0.1) is 6.92 Å². The third-order valence-corrected chi connectivity index (χ3v) is 5.27. The van der Waals surface area contributed by atoms with Gasteiger partial charge in [-0.1, -0.05) is 0 Å². The van der Waals surface area contributed by atoms with Crippen molar-refractivity contribution in [1.82, 2.24) is 24.3 Å². The monoisotopic (exact) mass is 392 g/mol. The zero-order valence-corrected chi connectivity index (χ0v) is 16.2. The minimum atomic E-state index is -0.331. The van der Waals surface area contributed by atoms with Crippen LogP contribution in [0.25, 0.3) is 5.65 Å². The van der Waals surface area contributed by atoms with E-state index in [9.17, 15) is 9.59 Å². The van der Waals surface area contributed by atoms with E-state index >= 15 is 0 Å². The molecule has 29 heavy (non-hydrogen) atoms. The topological polar surface area (TPSA) is 92.9 Å². The molecule has 9 heteroatoms. The Morgan fingerprint density at radius 3 is 2.69 bits per heavy atom. The van der Waals surface area contributed by atoms with Crippen molar-refractivity contribution in [3.05, 3.63) is 47.8 Å². The molecule has 1 saturated heterocycles. The Kier molecular flexibility index (Phi) is 3.97. The minimum absolute atomic E-state index is 0.0258. The summed E-state index contributed by atoms with van der Waals surface area (Å²) in [7, 11) is 1.50. The summed E-state index contributed by atoms with van der Waals surface area (Å²) in [5.74, 6) is 0.755. The van der Waals surface area contributed by atoms with Gasteiger partial charge in [-0.25, -0.2) is 19.7 Å². The molecule has 148 valence electrons. The minimum Gasteiger partial charge on any atom is -0.471 e. The summed E-state index contributed by atoms with van der Waals surface area (Å²) < 4.78 is 7.66. The Labute approximate surface area is 166 Å². The SMILES string of the molecule is Cc1cc(OCc2cn3cc(C4CC4)cc(N4CC(=O)N(C)C4=O)c3n2)ncn1. The number of imide groups is 1. The molecule has 1 saturated carbocycles. The highest BCUT2D eigenvalue weighted by Crippen LogP contribution is 2.42. The lowest BCUT2D eigenvalue weighted by molar-refractivity contribution is -0.123. The number of likely N-dealkylation sites (N-methyl/N-ethyl adjacent to an activating group) is 1. The van der Waals surface area contributed by atoms with Gasteiger partial charge in [0, 0.05) is 31.2 Å². The fourth-order valence-corrected chi connectivity index (χ4v) is 3.50. The van der Waals surface area contributed by atoms with Gasteiger partial charge in [0.15, 0.2) is 5.65 Å². The highest BCUT2D eigenvalue weighted by Gasteiger charge is 2.36. The Balaban J connectivity index is 1.50. The van der Waals surface area contributed by atoms with Crippen LogP contribution in [0.2, 0.25) is 0 Å². The van der Waals surface area contributed by atoms with E-state index in [2.05, 4.69) is 15.0 Å². The van der Waals surface area contributed by atoms with Crippen LogP contribution < -0.4 is 9.64 Å². The van der Waals surface area contributed by atoms with Gasteiger partial charge in [0.25, 0.3) is 0 Å². The lowest BCUT2D eigenvalue weighted by Gasteiger charge is -2.17. The second-order valence-corrected chi connectivity index (χ2v) is 7.50. The summed E-state index contributed by atoms with van der Waals surface area (Å²) in [4.78, 5) is 40.1. The van der Waals surface area contributed by atoms with E-state index in [1.165, 1.54) is 18.3 Å². The molecule has 4 heterocycles. The smallest absolute Gasteiger partial charge is 0.331 e. The number of hydrogen-bond acceptors (Lipinski definition) is 6. The molecule has 0 radical (unpaired) electrons. The molecule has 0 N–H and O–H groups in total. The number of aromatic nitrogens is 4. The van der Waals surface area contributed by atoms with Gasteiger partial charge in [0.1, 0.15) is 19.5 Å². The van der Waals surface area contributed by atoms with Crippen LogP contribution in [-0.4, -0.2) is 49.8 Å². The maximum atomic E-state index is 12.6. The zero-order valence-electron chi connectivity index (χ0n) is 16.2. The Hall–Kier alpha value is -3.49. The number of imidazole rings is 1. The van der Waals surface area contributed by atoms with Gasteiger partial charge in [-0.3, -0.25) is 14.6 Å². The average Bonchev–Trinajstić information content (AvgIpc) is 3.42. The lowest BCUT2D eigenvalue weighted by Crippen LogP contribution is -2.30. The van der Waals surface area contributed by atoms with Crippen molar-refractivity contribution < 1.29 is 14.3 Å². The maximum absolute atomic E-state index is 12.6. The van der Waals surface area contributed by atoms with Gasteiger partial charge in [-0.15, -0.1) is 0 Å². The fraction of sp³-hybridized carbons (Fsp3) is 0.350. The van der Waals surface area contributed by atoms with E-state index in [0.29, 0.717) is 28.8 Å². The van der Waals surface area contributed by atoms with Crippen molar-refractivity contribution in [3.63, 3.8) is 0 Å². The molecule has 5 rings (SSSR count). The van der Waals surface area contributed by atoms with Crippen LogP contribution in [0.1, 0.15) is 35.7 Å². The van der Waals surface area contributed by atoms with Crippen molar-refractivity contribution >= 4 is 23.3 Å². The number of pyridine rings is 1. The van der Waals surface area contributed by atoms with Gasteiger partial charge in [-0.2, -0.15) is 0 Å². The molecular formula is C20H20N6O3. The van der Waals surface area contributed by atoms with Gasteiger partial charge in [-0.05, 0) is 37.3 Å². The third kappa shape index (κ3) is 3.18. The van der Waals surface area contributed by atoms with E-state index in [4.69, 9.17) is 4.74 Å². The summed E-state index contributed by atoms with van der Waals surface area (Å²) in [6.45, 7) is 2.14. The summed E-state index contributed by atoms with van der Waals surface area (Å²) in [5, 5.41) is 0. The normalized spacial score (nSPS) is 16.9. The molecule has 0 unspecified atom stereocenters. The average molecular weight is 392 g/mol. The first kappa shape index (κ1) is 17.6. The largest absolute Gasteiger partial charge is 0.471 e. The third-order valence-electron chi connectivity index (χ3n) is 5.27. The van der Waals surface area contributed by atoms with Crippen LogP contribution in [0.15, 0.2) is 30.9 Å². The zero-order chi connectivity index (χ0) is 20.1. The number of rotatable bonds is 5. The molecule has 9 nitrogen and oxygen atoms in total. The van der Waals surface area contributed by atoms with Gasteiger partial charge < -0.3 is 9.14 Å². The standard InChI is InChI=1S/C20H20N6O3/c1-12-5-17(22-11-21-12)29-10-15-8-25-7-14(13-3-4-13)6-16(19(25)23-15)26-9-18(27)24(2)20(26)28/h5-8,11,13H,3-4,9-10H2,1-2H3. The quantitative estimate of drug-likeness (QED) is 0.619. The molecule has 2 aliphatic rings.